The van der Waals surface area contributed by atoms with Gasteiger partial charge in [0.2, 0.25) is 10.0 Å². The van der Waals surface area contributed by atoms with Crippen LogP contribution in [0.1, 0.15) is 0 Å². The van der Waals surface area contributed by atoms with Gasteiger partial charge in [-0.3, -0.25) is 0 Å². The van der Waals surface area contributed by atoms with Crippen LogP contribution in [0.15, 0.2) is 59.5 Å². The van der Waals surface area contributed by atoms with E-state index < -0.39 is 10.0 Å². The highest BCUT2D eigenvalue weighted by Gasteiger charge is 2.28. The minimum atomic E-state index is -3.49. The van der Waals surface area contributed by atoms with E-state index in [2.05, 4.69) is 4.90 Å². The van der Waals surface area contributed by atoms with Gasteiger partial charge in [-0.05, 0) is 36.4 Å². The van der Waals surface area contributed by atoms with E-state index in [1.54, 1.807) is 0 Å². The fourth-order valence-corrected chi connectivity index (χ4v) is 4.01. The van der Waals surface area contributed by atoms with Crippen molar-refractivity contribution in [3.8, 4) is 5.75 Å². The number of para-hydroxylation sites is 1. The topological polar surface area (TPSA) is 60.9 Å². The Labute approximate surface area is 130 Å². The molecule has 1 fully saturated rings. The third-order valence-corrected chi connectivity index (χ3v) is 5.75. The van der Waals surface area contributed by atoms with Crippen LogP contribution in [0.5, 0.6) is 5.75 Å². The summed E-state index contributed by atoms with van der Waals surface area (Å²) in [4.78, 5) is 2.40. The Morgan fingerprint density at radius 2 is 1.41 bits per heavy atom. The van der Waals surface area contributed by atoms with E-state index in [-0.39, 0.29) is 10.6 Å². The first-order chi connectivity index (χ1) is 10.6. The molecular weight excluding hydrogens is 300 g/mol. The van der Waals surface area contributed by atoms with Crippen LogP contribution in [0.3, 0.4) is 0 Å². The Kier molecular flexibility index (Phi) is 4.04. The first-order valence-corrected chi connectivity index (χ1v) is 8.60. The molecule has 1 heterocycles. The Hall–Kier alpha value is -2.05. The van der Waals surface area contributed by atoms with Gasteiger partial charge in [0.15, 0.2) is 0 Å². The average Bonchev–Trinajstić information content (AvgIpc) is 2.56. The Morgan fingerprint density at radius 3 is 2.00 bits per heavy atom. The minimum absolute atomic E-state index is 0.0628. The van der Waals surface area contributed by atoms with Crippen LogP contribution >= 0.6 is 0 Å². The number of sulfonamides is 1. The van der Waals surface area contributed by atoms with Crippen molar-refractivity contribution in [3.63, 3.8) is 0 Å². The molecule has 0 bridgehead atoms. The number of rotatable bonds is 3. The van der Waals surface area contributed by atoms with Crippen molar-refractivity contribution >= 4 is 15.7 Å². The zero-order valence-electron chi connectivity index (χ0n) is 12.1. The van der Waals surface area contributed by atoms with Crippen molar-refractivity contribution in [2.75, 3.05) is 31.1 Å². The average molecular weight is 318 g/mol. The summed E-state index contributed by atoms with van der Waals surface area (Å²) in [6.07, 6.45) is 0. The highest BCUT2D eigenvalue weighted by atomic mass is 32.2. The van der Waals surface area contributed by atoms with E-state index in [1.165, 1.54) is 28.6 Å². The molecule has 0 spiro atoms. The van der Waals surface area contributed by atoms with Crippen LogP contribution in [0.4, 0.5) is 5.69 Å². The van der Waals surface area contributed by atoms with Crippen LogP contribution in [0, 0.1) is 0 Å². The molecule has 1 aliphatic heterocycles. The molecule has 2 aromatic carbocycles. The molecule has 0 atom stereocenters. The van der Waals surface area contributed by atoms with Crippen molar-refractivity contribution in [2.45, 2.75) is 4.90 Å². The van der Waals surface area contributed by atoms with Crippen LogP contribution in [0.2, 0.25) is 0 Å². The molecule has 3 rings (SSSR count). The number of phenols is 1. The third-order valence-electron chi connectivity index (χ3n) is 3.83. The van der Waals surface area contributed by atoms with Gasteiger partial charge in [0.25, 0.3) is 0 Å². The normalized spacial score (nSPS) is 16.6. The van der Waals surface area contributed by atoms with Gasteiger partial charge in [0.1, 0.15) is 5.75 Å². The standard InChI is InChI=1S/C16H18N2O3S/c19-15-6-8-16(9-7-15)22(20,21)18-12-10-17(11-13-18)14-4-2-1-3-5-14/h1-9,19H,10-13H2. The molecule has 5 nitrogen and oxygen atoms in total. The molecule has 0 saturated carbocycles. The number of hydrogen-bond donors (Lipinski definition) is 1. The predicted octanol–water partition coefficient (Wildman–Crippen LogP) is 1.90. The summed E-state index contributed by atoms with van der Waals surface area (Å²) in [6.45, 7) is 2.25. The molecule has 0 unspecified atom stereocenters. The number of hydrogen-bond acceptors (Lipinski definition) is 4. The number of aromatic hydroxyl groups is 1. The van der Waals surface area contributed by atoms with Crippen LogP contribution in [0.25, 0.3) is 0 Å². The maximum Gasteiger partial charge on any atom is 0.243 e. The lowest BCUT2D eigenvalue weighted by atomic mass is 10.2. The summed E-state index contributed by atoms with van der Waals surface area (Å²) >= 11 is 0. The van der Waals surface area contributed by atoms with Gasteiger partial charge in [-0.25, -0.2) is 8.42 Å². The Morgan fingerprint density at radius 1 is 0.818 bits per heavy atom. The van der Waals surface area contributed by atoms with E-state index in [1.807, 2.05) is 30.3 Å². The molecule has 0 amide bonds. The quantitative estimate of drug-likeness (QED) is 0.939. The summed E-state index contributed by atoms with van der Waals surface area (Å²) in [5, 5.41) is 9.28. The van der Waals surface area contributed by atoms with Crippen molar-refractivity contribution in [2.24, 2.45) is 0 Å². The van der Waals surface area contributed by atoms with Gasteiger partial charge >= 0.3 is 0 Å². The molecule has 1 saturated heterocycles. The molecule has 0 aliphatic carbocycles. The zero-order valence-corrected chi connectivity index (χ0v) is 12.9. The number of nitrogens with zero attached hydrogens (tertiary/aromatic N) is 2. The largest absolute Gasteiger partial charge is 0.508 e. The molecule has 6 heteroatoms. The molecule has 1 aliphatic rings. The van der Waals surface area contributed by atoms with Crippen LogP contribution in [-0.2, 0) is 10.0 Å². The summed E-state index contributed by atoms with van der Waals surface area (Å²) in [5.74, 6) is 0.0628. The fourth-order valence-electron chi connectivity index (χ4n) is 2.59. The third kappa shape index (κ3) is 2.93. The molecule has 2 aromatic rings. The predicted molar refractivity (Wildman–Crippen MR) is 85.5 cm³/mol. The van der Waals surface area contributed by atoms with Crippen molar-refractivity contribution in [3.05, 3.63) is 54.6 Å². The minimum Gasteiger partial charge on any atom is -0.508 e. The molecule has 116 valence electrons. The summed E-state index contributed by atoms with van der Waals surface area (Å²) in [6, 6.07) is 15.7. The second kappa shape index (κ2) is 5.98. The number of piperazine rings is 1. The van der Waals surface area contributed by atoms with Crippen LogP contribution in [-0.4, -0.2) is 44.0 Å². The number of phenolic OH excluding ortho intramolecular Hbond substituents is 1. The molecule has 0 aromatic heterocycles. The molecule has 1 N–H and O–H groups in total. The first-order valence-electron chi connectivity index (χ1n) is 7.16. The summed E-state index contributed by atoms with van der Waals surface area (Å²) in [7, 11) is -3.49. The summed E-state index contributed by atoms with van der Waals surface area (Å²) in [5.41, 5.74) is 1.11. The Bertz CT molecular complexity index is 722. The van der Waals surface area contributed by atoms with Gasteiger partial charge in [-0.2, -0.15) is 4.31 Å². The van der Waals surface area contributed by atoms with Gasteiger partial charge in [-0.1, -0.05) is 18.2 Å². The Balaban J connectivity index is 1.72. The highest BCUT2D eigenvalue weighted by Crippen LogP contribution is 2.22. The van der Waals surface area contributed by atoms with Gasteiger partial charge < -0.3 is 10.0 Å². The van der Waals surface area contributed by atoms with E-state index in [9.17, 15) is 13.5 Å². The second-order valence-electron chi connectivity index (χ2n) is 5.22. The lowest BCUT2D eigenvalue weighted by molar-refractivity contribution is 0.385. The maximum atomic E-state index is 12.6. The van der Waals surface area contributed by atoms with E-state index in [0.29, 0.717) is 26.2 Å². The van der Waals surface area contributed by atoms with Gasteiger partial charge in [0, 0.05) is 31.9 Å². The lowest BCUT2D eigenvalue weighted by Gasteiger charge is -2.35. The van der Waals surface area contributed by atoms with Crippen molar-refractivity contribution in [1.82, 2.24) is 4.31 Å². The zero-order chi connectivity index (χ0) is 15.6. The molecular formula is C16H18N2O3S. The monoisotopic (exact) mass is 318 g/mol. The van der Waals surface area contributed by atoms with E-state index >= 15 is 0 Å². The smallest absolute Gasteiger partial charge is 0.243 e. The lowest BCUT2D eigenvalue weighted by Crippen LogP contribution is -2.48. The van der Waals surface area contributed by atoms with E-state index in [4.69, 9.17) is 0 Å². The fraction of sp³-hybridized carbons (Fsp3) is 0.250. The molecule has 0 radical (unpaired) electrons. The first kappa shape index (κ1) is 14.9. The van der Waals surface area contributed by atoms with Crippen LogP contribution < -0.4 is 4.90 Å². The van der Waals surface area contributed by atoms with Crippen molar-refractivity contribution in [1.29, 1.82) is 0 Å². The molecule has 22 heavy (non-hydrogen) atoms. The second-order valence-corrected chi connectivity index (χ2v) is 7.16. The van der Waals surface area contributed by atoms with Gasteiger partial charge in [0.05, 0.1) is 4.90 Å². The maximum absolute atomic E-state index is 12.6. The summed E-state index contributed by atoms with van der Waals surface area (Å²) < 4.78 is 26.6. The highest BCUT2D eigenvalue weighted by molar-refractivity contribution is 7.89. The van der Waals surface area contributed by atoms with E-state index in [0.717, 1.165) is 5.69 Å². The number of benzene rings is 2. The number of anilines is 1. The van der Waals surface area contributed by atoms with Crippen molar-refractivity contribution < 1.29 is 13.5 Å². The van der Waals surface area contributed by atoms with Gasteiger partial charge in [-0.15, -0.1) is 0 Å². The SMILES string of the molecule is O=S(=O)(c1ccc(O)cc1)N1CCN(c2ccccc2)CC1.